The molecule has 5 nitrogen and oxygen atoms in total. The minimum Gasteiger partial charge on any atom is -0.369 e. The highest BCUT2D eigenvalue weighted by Crippen LogP contribution is 2.24. The van der Waals surface area contributed by atoms with Gasteiger partial charge < -0.3 is 5.73 Å². The fourth-order valence-corrected chi connectivity index (χ4v) is 3.44. The second-order valence-corrected chi connectivity index (χ2v) is 7.61. The Balaban J connectivity index is 2.52. The standard InChI is InChI=1S/C16H20BrN3O2S/c1-3-4-5-8-20-15(22)12-9-11(17)6-7-13(12)19-16(20)23-10(2)14(18)21/h6-7,9-10H,3-5,8H2,1-2H3,(H2,18,21). The molecular weight excluding hydrogens is 378 g/mol. The van der Waals surface area contributed by atoms with Crippen LogP contribution in [0.15, 0.2) is 32.6 Å². The van der Waals surface area contributed by atoms with Gasteiger partial charge in [-0.15, -0.1) is 0 Å². The zero-order valence-electron chi connectivity index (χ0n) is 13.2. The van der Waals surface area contributed by atoms with Crippen molar-refractivity contribution in [2.45, 2.75) is 50.1 Å². The molecule has 23 heavy (non-hydrogen) atoms. The van der Waals surface area contributed by atoms with Crippen molar-refractivity contribution >= 4 is 44.5 Å². The van der Waals surface area contributed by atoms with Crippen LogP contribution in [0.5, 0.6) is 0 Å². The molecule has 1 aromatic carbocycles. The molecule has 2 rings (SSSR count). The average molecular weight is 398 g/mol. The van der Waals surface area contributed by atoms with Crippen LogP contribution in [0.4, 0.5) is 0 Å². The summed E-state index contributed by atoms with van der Waals surface area (Å²) >= 11 is 4.63. The van der Waals surface area contributed by atoms with Gasteiger partial charge in [0.25, 0.3) is 5.56 Å². The highest BCUT2D eigenvalue weighted by Gasteiger charge is 2.17. The summed E-state index contributed by atoms with van der Waals surface area (Å²) in [7, 11) is 0. The molecule has 1 atom stereocenters. The number of rotatable bonds is 7. The molecule has 0 aliphatic rings. The van der Waals surface area contributed by atoms with Gasteiger partial charge in [-0.25, -0.2) is 4.98 Å². The third-order valence-electron chi connectivity index (χ3n) is 3.55. The maximum atomic E-state index is 12.8. The van der Waals surface area contributed by atoms with Crippen molar-refractivity contribution in [3.05, 3.63) is 33.0 Å². The molecule has 1 heterocycles. The van der Waals surface area contributed by atoms with Gasteiger partial charge in [-0.3, -0.25) is 14.2 Å². The van der Waals surface area contributed by atoms with Gasteiger partial charge in [0.15, 0.2) is 5.16 Å². The normalized spacial score (nSPS) is 12.5. The van der Waals surface area contributed by atoms with Crippen LogP contribution in [0.3, 0.4) is 0 Å². The monoisotopic (exact) mass is 397 g/mol. The summed E-state index contributed by atoms with van der Waals surface area (Å²) in [4.78, 5) is 28.7. The number of aromatic nitrogens is 2. The lowest BCUT2D eigenvalue weighted by molar-refractivity contribution is -0.117. The molecule has 1 amide bonds. The predicted octanol–water partition coefficient (Wildman–Crippen LogP) is 3.32. The van der Waals surface area contributed by atoms with Gasteiger partial charge >= 0.3 is 0 Å². The van der Waals surface area contributed by atoms with E-state index in [9.17, 15) is 9.59 Å². The molecule has 1 aromatic heterocycles. The largest absolute Gasteiger partial charge is 0.369 e. The first-order chi connectivity index (χ1) is 10.9. The Morgan fingerprint density at radius 1 is 1.43 bits per heavy atom. The summed E-state index contributed by atoms with van der Waals surface area (Å²) in [5, 5.41) is 0.686. The van der Waals surface area contributed by atoms with Crippen LogP contribution in [0.2, 0.25) is 0 Å². The molecule has 0 fully saturated rings. The van der Waals surface area contributed by atoms with E-state index in [1.54, 1.807) is 23.6 Å². The summed E-state index contributed by atoms with van der Waals surface area (Å²) in [6.45, 7) is 4.43. The van der Waals surface area contributed by atoms with E-state index in [2.05, 4.69) is 27.8 Å². The number of primary amides is 1. The minimum absolute atomic E-state index is 0.0772. The summed E-state index contributed by atoms with van der Waals surface area (Å²) < 4.78 is 2.50. The molecule has 0 aliphatic heterocycles. The SMILES string of the molecule is CCCCCn1c(SC(C)C(N)=O)nc2ccc(Br)cc2c1=O. The summed E-state index contributed by atoms with van der Waals surface area (Å²) in [6.07, 6.45) is 3.01. The van der Waals surface area contributed by atoms with Crippen LogP contribution in [0.25, 0.3) is 10.9 Å². The Labute approximate surface area is 147 Å². The molecular formula is C16H20BrN3O2S. The van der Waals surface area contributed by atoms with Crippen molar-refractivity contribution in [2.24, 2.45) is 5.73 Å². The van der Waals surface area contributed by atoms with Crippen LogP contribution in [0, 0.1) is 0 Å². The molecule has 0 saturated heterocycles. The number of unbranched alkanes of at least 4 members (excludes halogenated alkanes) is 2. The number of hydrogen-bond acceptors (Lipinski definition) is 4. The van der Waals surface area contributed by atoms with Gasteiger partial charge in [0, 0.05) is 11.0 Å². The van der Waals surface area contributed by atoms with Crippen LogP contribution in [-0.4, -0.2) is 20.7 Å². The predicted molar refractivity (Wildman–Crippen MR) is 97.7 cm³/mol. The molecule has 0 saturated carbocycles. The Hall–Kier alpha value is -1.34. The summed E-state index contributed by atoms with van der Waals surface area (Å²) in [6, 6.07) is 5.44. The molecule has 0 spiro atoms. The van der Waals surface area contributed by atoms with Gasteiger partial charge in [0.1, 0.15) is 0 Å². The van der Waals surface area contributed by atoms with E-state index in [0.29, 0.717) is 22.6 Å². The van der Waals surface area contributed by atoms with Crippen molar-refractivity contribution in [3.8, 4) is 0 Å². The lowest BCUT2D eigenvalue weighted by Crippen LogP contribution is -2.27. The van der Waals surface area contributed by atoms with Crippen LogP contribution < -0.4 is 11.3 Å². The van der Waals surface area contributed by atoms with Crippen molar-refractivity contribution in [1.82, 2.24) is 9.55 Å². The van der Waals surface area contributed by atoms with E-state index in [1.807, 2.05) is 6.07 Å². The number of benzene rings is 1. The zero-order valence-corrected chi connectivity index (χ0v) is 15.6. The lowest BCUT2D eigenvalue weighted by atomic mass is 10.2. The van der Waals surface area contributed by atoms with Crippen molar-refractivity contribution in [2.75, 3.05) is 0 Å². The number of carbonyl (C=O) groups excluding carboxylic acids is 1. The van der Waals surface area contributed by atoms with Crippen molar-refractivity contribution < 1.29 is 4.79 Å². The second-order valence-electron chi connectivity index (χ2n) is 5.38. The van der Waals surface area contributed by atoms with Gasteiger partial charge in [-0.1, -0.05) is 47.5 Å². The average Bonchev–Trinajstić information content (AvgIpc) is 2.51. The van der Waals surface area contributed by atoms with Gasteiger partial charge in [-0.05, 0) is 31.5 Å². The number of hydrogen-bond donors (Lipinski definition) is 1. The van der Waals surface area contributed by atoms with E-state index in [-0.39, 0.29) is 5.56 Å². The van der Waals surface area contributed by atoms with Gasteiger partial charge in [0.05, 0.1) is 16.2 Å². The Bertz CT molecular complexity index is 776. The van der Waals surface area contributed by atoms with Crippen molar-refractivity contribution in [3.63, 3.8) is 0 Å². The molecule has 2 N–H and O–H groups in total. The van der Waals surface area contributed by atoms with Crippen LogP contribution in [-0.2, 0) is 11.3 Å². The molecule has 124 valence electrons. The number of nitrogens with zero attached hydrogens (tertiary/aromatic N) is 2. The summed E-state index contributed by atoms with van der Waals surface area (Å²) in [5.41, 5.74) is 5.90. The third kappa shape index (κ3) is 4.35. The number of nitrogens with two attached hydrogens (primary N) is 1. The highest BCUT2D eigenvalue weighted by atomic mass is 79.9. The van der Waals surface area contributed by atoms with Crippen LogP contribution >= 0.6 is 27.7 Å². The fourth-order valence-electron chi connectivity index (χ4n) is 2.20. The highest BCUT2D eigenvalue weighted by molar-refractivity contribution is 9.10. The van der Waals surface area contributed by atoms with E-state index < -0.39 is 11.2 Å². The Morgan fingerprint density at radius 3 is 2.83 bits per heavy atom. The quantitative estimate of drug-likeness (QED) is 0.441. The third-order valence-corrected chi connectivity index (χ3v) is 5.15. The Kier molecular flexibility index (Phi) is 6.24. The van der Waals surface area contributed by atoms with E-state index in [0.717, 1.165) is 23.7 Å². The topological polar surface area (TPSA) is 78.0 Å². The van der Waals surface area contributed by atoms with Gasteiger partial charge in [0.2, 0.25) is 5.91 Å². The molecule has 1 unspecified atom stereocenters. The van der Waals surface area contributed by atoms with Gasteiger partial charge in [-0.2, -0.15) is 0 Å². The van der Waals surface area contributed by atoms with Crippen molar-refractivity contribution in [1.29, 1.82) is 0 Å². The molecule has 0 radical (unpaired) electrons. The number of amides is 1. The number of thioether (sulfide) groups is 1. The maximum absolute atomic E-state index is 12.8. The second kappa shape index (κ2) is 7.97. The minimum atomic E-state index is -0.438. The summed E-state index contributed by atoms with van der Waals surface area (Å²) in [5.74, 6) is -0.416. The molecule has 0 aliphatic carbocycles. The molecule has 0 bridgehead atoms. The first-order valence-corrected chi connectivity index (χ1v) is 9.27. The Morgan fingerprint density at radius 2 is 2.17 bits per heavy atom. The first-order valence-electron chi connectivity index (χ1n) is 7.60. The lowest BCUT2D eigenvalue weighted by Gasteiger charge is -2.15. The number of halogens is 1. The molecule has 2 aromatic rings. The maximum Gasteiger partial charge on any atom is 0.262 e. The zero-order chi connectivity index (χ0) is 17.0. The first kappa shape index (κ1) is 18.0. The van der Waals surface area contributed by atoms with Crippen LogP contribution in [0.1, 0.15) is 33.1 Å². The van der Waals surface area contributed by atoms with E-state index in [1.165, 1.54) is 11.8 Å². The fraction of sp³-hybridized carbons (Fsp3) is 0.438. The number of fused-ring (bicyclic) bond motifs is 1. The van der Waals surface area contributed by atoms with E-state index in [4.69, 9.17) is 5.73 Å². The number of carbonyl (C=O) groups is 1. The smallest absolute Gasteiger partial charge is 0.262 e. The van der Waals surface area contributed by atoms with E-state index >= 15 is 0 Å². The molecule has 7 heteroatoms.